The van der Waals surface area contributed by atoms with Gasteiger partial charge in [0.2, 0.25) is 0 Å². The lowest BCUT2D eigenvalue weighted by Gasteiger charge is -2.20. The van der Waals surface area contributed by atoms with Gasteiger partial charge in [0.15, 0.2) is 0 Å². The summed E-state index contributed by atoms with van der Waals surface area (Å²) in [7, 11) is 1.15. The lowest BCUT2D eigenvalue weighted by atomic mass is 10.1. The zero-order chi connectivity index (χ0) is 15.3. The van der Waals surface area contributed by atoms with Crippen LogP contribution in [0.3, 0.4) is 0 Å². The molecule has 20 heavy (non-hydrogen) atoms. The van der Waals surface area contributed by atoms with E-state index in [-0.39, 0.29) is 0 Å². The number of carbonyl (C=O) groups excluding carboxylic acids is 1. The van der Waals surface area contributed by atoms with Gasteiger partial charge in [0.25, 0.3) is 5.91 Å². The molecule has 0 saturated carbocycles. The quantitative estimate of drug-likeness (QED) is 0.900. The van der Waals surface area contributed by atoms with Gasteiger partial charge in [-0.25, -0.2) is 0 Å². The van der Waals surface area contributed by atoms with Gasteiger partial charge in [-0.15, -0.1) is 0 Å². The molecule has 1 N–H and O–H groups in total. The monoisotopic (exact) mass is 288 g/mol. The van der Waals surface area contributed by atoms with E-state index in [1.54, 1.807) is 25.1 Å². The van der Waals surface area contributed by atoms with E-state index < -0.39 is 18.6 Å². The molecule has 0 aliphatic rings. The topological polar surface area (TPSA) is 32.3 Å². The third-order valence-electron chi connectivity index (χ3n) is 2.80. The molecule has 112 valence electrons. The van der Waals surface area contributed by atoms with Gasteiger partial charge in [-0.05, 0) is 37.1 Å². The molecule has 0 spiro atoms. The molecular formula is C14H19F3N2O. The third-order valence-corrected chi connectivity index (χ3v) is 2.80. The zero-order valence-electron chi connectivity index (χ0n) is 11.8. The number of hydrogen-bond acceptors (Lipinski definition) is 2. The van der Waals surface area contributed by atoms with Crippen LogP contribution in [0.1, 0.15) is 29.3 Å². The Hall–Kier alpha value is -1.72. The highest BCUT2D eigenvalue weighted by molar-refractivity contribution is 5.96. The maximum absolute atomic E-state index is 12.3. The van der Waals surface area contributed by atoms with E-state index in [0.29, 0.717) is 16.0 Å². The van der Waals surface area contributed by atoms with Crippen molar-refractivity contribution in [3.63, 3.8) is 0 Å². The lowest BCUT2D eigenvalue weighted by molar-refractivity contribution is -0.138. The standard InChI is InChI=1S/C14H19F3N2O/c1-4-7-18-11-5-6-12(10(2)8-11)13(20)19(3)9-14(15,16)17/h5-6,8,18H,4,7,9H2,1-3H3. The number of alkyl halides is 3. The summed E-state index contributed by atoms with van der Waals surface area (Å²) in [5.74, 6) is -0.623. The zero-order valence-corrected chi connectivity index (χ0v) is 11.8. The molecule has 1 rings (SSSR count). The van der Waals surface area contributed by atoms with Gasteiger partial charge in [0, 0.05) is 24.8 Å². The van der Waals surface area contributed by atoms with E-state index in [2.05, 4.69) is 5.32 Å². The van der Waals surface area contributed by atoms with Gasteiger partial charge in [0.1, 0.15) is 6.54 Å². The Morgan fingerprint density at radius 2 is 2.00 bits per heavy atom. The summed E-state index contributed by atoms with van der Waals surface area (Å²) in [5, 5.41) is 3.16. The fourth-order valence-electron chi connectivity index (χ4n) is 1.83. The van der Waals surface area contributed by atoms with Crippen molar-refractivity contribution in [1.29, 1.82) is 0 Å². The molecule has 3 nitrogen and oxygen atoms in total. The van der Waals surface area contributed by atoms with Crippen LogP contribution < -0.4 is 5.32 Å². The summed E-state index contributed by atoms with van der Waals surface area (Å²) in [6, 6.07) is 5.03. The Bertz CT molecular complexity index is 472. The van der Waals surface area contributed by atoms with Gasteiger partial charge >= 0.3 is 6.18 Å². The van der Waals surface area contributed by atoms with Crippen molar-refractivity contribution in [2.75, 3.05) is 25.5 Å². The van der Waals surface area contributed by atoms with E-state index in [0.717, 1.165) is 25.7 Å². The summed E-state index contributed by atoms with van der Waals surface area (Å²) in [6.45, 7) is 3.30. The van der Waals surface area contributed by atoms with Crippen molar-refractivity contribution in [3.8, 4) is 0 Å². The second kappa shape index (κ2) is 6.63. The summed E-state index contributed by atoms with van der Waals surface area (Å²) >= 11 is 0. The lowest BCUT2D eigenvalue weighted by Crippen LogP contribution is -2.36. The number of benzene rings is 1. The van der Waals surface area contributed by atoms with E-state index in [1.807, 2.05) is 6.92 Å². The number of aryl methyl sites for hydroxylation is 1. The van der Waals surface area contributed by atoms with Crippen LogP contribution in [0.4, 0.5) is 18.9 Å². The normalized spacial score (nSPS) is 11.3. The van der Waals surface area contributed by atoms with Gasteiger partial charge in [-0.2, -0.15) is 13.2 Å². The number of nitrogens with zero attached hydrogens (tertiary/aromatic N) is 1. The second-order valence-corrected chi connectivity index (χ2v) is 4.73. The van der Waals surface area contributed by atoms with E-state index in [1.165, 1.54) is 0 Å². The van der Waals surface area contributed by atoms with Crippen molar-refractivity contribution in [2.45, 2.75) is 26.4 Å². The minimum absolute atomic E-state index is 0.291. The predicted molar refractivity (Wildman–Crippen MR) is 73.0 cm³/mol. The Morgan fingerprint density at radius 1 is 1.35 bits per heavy atom. The molecule has 1 aromatic carbocycles. The summed E-state index contributed by atoms with van der Waals surface area (Å²) in [5.41, 5.74) is 1.81. The number of hydrogen-bond donors (Lipinski definition) is 1. The van der Waals surface area contributed by atoms with Crippen LogP contribution in [0, 0.1) is 6.92 Å². The van der Waals surface area contributed by atoms with Crippen LogP contribution in [0.5, 0.6) is 0 Å². The SMILES string of the molecule is CCCNc1ccc(C(=O)N(C)CC(F)(F)F)c(C)c1. The molecule has 0 aliphatic heterocycles. The van der Waals surface area contributed by atoms with E-state index in [4.69, 9.17) is 0 Å². The molecule has 0 aliphatic carbocycles. The van der Waals surface area contributed by atoms with E-state index >= 15 is 0 Å². The highest BCUT2D eigenvalue weighted by atomic mass is 19.4. The van der Waals surface area contributed by atoms with Crippen LogP contribution >= 0.6 is 0 Å². The van der Waals surface area contributed by atoms with Gasteiger partial charge in [-0.1, -0.05) is 6.92 Å². The van der Waals surface area contributed by atoms with E-state index in [9.17, 15) is 18.0 Å². The average molecular weight is 288 g/mol. The highest BCUT2D eigenvalue weighted by Crippen LogP contribution is 2.20. The smallest absolute Gasteiger partial charge is 0.385 e. The summed E-state index contributed by atoms with van der Waals surface area (Å²) in [4.78, 5) is 12.7. The summed E-state index contributed by atoms with van der Waals surface area (Å²) < 4.78 is 36.8. The van der Waals surface area contributed by atoms with Gasteiger partial charge in [0.05, 0.1) is 0 Å². The predicted octanol–water partition coefficient (Wildman–Crippen LogP) is 3.45. The molecule has 0 aromatic heterocycles. The van der Waals surface area contributed by atoms with Crippen LogP contribution in [0.2, 0.25) is 0 Å². The number of amides is 1. The minimum atomic E-state index is -4.39. The fraction of sp³-hybridized carbons (Fsp3) is 0.500. The molecule has 1 amide bonds. The van der Waals surface area contributed by atoms with Crippen LogP contribution in [0.25, 0.3) is 0 Å². The van der Waals surface area contributed by atoms with Crippen LogP contribution in [0.15, 0.2) is 18.2 Å². The molecule has 0 bridgehead atoms. The maximum Gasteiger partial charge on any atom is 0.406 e. The average Bonchev–Trinajstić information content (AvgIpc) is 2.33. The highest BCUT2D eigenvalue weighted by Gasteiger charge is 2.31. The van der Waals surface area contributed by atoms with Crippen molar-refractivity contribution in [3.05, 3.63) is 29.3 Å². The van der Waals surface area contributed by atoms with Crippen LogP contribution in [-0.2, 0) is 0 Å². The number of rotatable bonds is 5. The van der Waals surface area contributed by atoms with Crippen LogP contribution in [-0.4, -0.2) is 37.1 Å². The molecule has 0 fully saturated rings. The molecule has 1 aromatic rings. The van der Waals surface area contributed by atoms with Crippen molar-refractivity contribution >= 4 is 11.6 Å². The first-order valence-electron chi connectivity index (χ1n) is 6.41. The first-order valence-corrected chi connectivity index (χ1v) is 6.41. The molecular weight excluding hydrogens is 269 g/mol. The molecule has 0 heterocycles. The molecule has 0 radical (unpaired) electrons. The largest absolute Gasteiger partial charge is 0.406 e. The first kappa shape index (κ1) is 16.3. The second-order valence-electron chi connectivity index (χ2n) is 4.73. The number of carbonyl (C=O) groups is 1. The Balaban J connectivity index is 2.83. The number of nitrogens with one attached hydrogen (secondary N) is 1. The fourth-order valence-corrected chi connectivity index (χ4v) is 1.83. The molecule has 6 heteroatoms. The number of anilines is 1. The van der Waals surface area contributed by atoms with Crippen molar-refractivity contribution < 1.29 is 18.0 Å². The molecule has 0 unspecified atom stereocenters. The molecule has 0 atom stereocenters. The maximum atomic E-state index is 12.3. The Kier molecular flexibility index (Phi) is 5.42. The van der Waals surface area contributed by atoms with Crippen molar-refractivity contribution in [2.24, 2.45) is 0 Å². The number of halogens is 3. The Morgan fingerprint density at radius 3 is 2.50 bits per heavy atom. The van der Waals surface area contributed by atoms with Gasteiger partial charge < -0.3 is 10.2 Å². The van der Waals surface area contributed by atoms with Gasteiger partial charge in [-0.3, -0.25) is 4.79 Å². The third kappa shape index (κ3) is 4.75. The first-order chi connectivity index (χ1) is 9.24. The molecule has 0 saturated heterocycles. The Labute approximate surface area is 116 Å². The minimum Gasteiger partial charge on any atom is -0.385 e. The summed E-state index contributed by atoms with van der Waals surface area (Å²) in [6.07, 6.45) is -3.42. The van der Waals surface area contributed by atoms with Crippen molar-refractivity contribution in [1.82, 2.24) is 4.90 Å².